The van der Waals surface area contributed by atoms with Crippen molar-refractivity contribution in [2.24, 2.45) is 0 Å². The van der Waals surface area contributed by atoms with Gasteiger partial charge in [-0.15, -0.1) is 0 Å². The van der Waals surface area contributed by atoms with Crippen molar-refractivity contribution in [1.82, 2.24) is 30.3 Å². The van der Waals surface area contributed by atoms with E-state index in [0.29, 0.717) is 37.4 Å². The summed E-state index contributed by atoms with van der Waals surface area (Å²) in [4.78, 5) is 6.31. The van der Waals surface area contributed by atoms with Crippen LogP contribution in [-0.2, 0) is 4.74 Å². The Morgan fingerprint density at radius 1 is 1.22 bits per heavy atom. The van der Waals surface area contributed by atoms with E-state index in [1.54, 1.807) is 11.6 Å². The highest BCUT2D eigenvalue weighted by Crippen LogP contribution is 2.24. The van der Waals surface area contributed by atoms with Crippen LogP contribution in [0.2, 0.25) is 0 Å². The Hall–Kier alpha value is -2.81. The molecular formula is C14H15N7O2. The summed E-state index contributed by atoms with van der Waals surface area (Å²) >= 11 is 0. The minimum Gasteiger partial charge on any atom is -0.366 e. The van der Waals surface area contributed by atoms with Gasteiger partial charge < -0.3 is 14.2 Å². The molecule has 0 amide bonds. The zero-order chi connectivity index (χ0) is 15.6. The Labute approximate surface area is 131 Å². The average Bonchev–Trinajstić information content (AvgIpc) is 3.25. The maximum Gasteiger partial charge on any atom is 0.250 e. The number of nitrogens with zero attached hydrogens (tertiary/aromatic N) is 7. The smallest absolute Gasteiger partial charge is 0.250 e. The third-order valence-electron chi connectivity index (χ3n) is 3.63. The molecule has 1 aromatic carbocycles. The Morgan fingerprint density at radius 2 is 2.09 bits per heavy atom. The molecule has 9 heteroatoms. The van der Waals surface area contributed by atoms with Crippen LogP contribution in [0.25, 0.3) is 5.69 Å². The lowest BCUT2D eigenvalue weighted by Gasteiger charge is -2.31. The summed E-state index contributed by atoms with van der Waals surface area (Å²) in [5.41, 5.74) is 0.908. The molecule has 0 bridgehead atoms. The minimum absolute atomic E-state index is 0.262. The van der Waals surface area contributed by atoms with Crippen molar-refractivity contribution in [2.75, 3.05) is 24.6 Å². The molecule has 1 unspecified atom stereocenters. The second kappa shape index (κ2) is 5.76. The van der Waals surface area contributed by atoms with Gasteiger partial charge in [-0.25, -0.2) is 0 Å². The highest BCUT2D eigenvalue weighted by molar-refractivity contribution is 5.41. The molecule has 2 aromatic heterocycles. The lowest BCUT2D eigenvalue weighted by molar-refractivity contribution is 0.0319. The molecular weight excluding hydrogens is 298 g/mol. The second-order valence-electron chi connectivity index (χ2n) is 5.20. The molecule has 3 heterocycles. The number of benzene rings is 1. The van der Waals surface area contributed by atoms with Crippen LogP contribution in [0.1, 0.15) is 17.8 Å². The number of hydrogen-bond acceptors (Lipinski definition) is 8. The first-order valence-corrected chi connectivity index (χ1v) is 7.32. The topological polar surface area (TPSA) is 95.0 Å². The van der Waals surface area contributed by atoms with Gasteiger partial charge in [-0.2, -0.15) is 9.67 Å². The van der Waals surface area contributed by atoms with Gasteiger partial charge in [-0.1, -0.05) is 28.5 Å². The van der Waals surface area contributed by atoms with Crippen molar-refractivity contribution in [1.29, 1.82) is 0 Å². The molecule has 118 valence electrons. The number of hydrogen-bond donors (Lipinski definition) is 0. The van der Waals surface area contributed by atoms with E-state index in [9.17, 15) is 0 Å². The molecule has 0 saturated carbocycles. The molecule has 0 spiro atoms. The van der Waals surface area contributed by atoms with Crippen LogP contribution >= 0.6 is 0 Å². The molecule has 23 heavy (non-hydrogen) atoms. The molecule has 1 aliphatic rings. The van der Waals surface area contributed by atoms with E-state index in [1.807, 2.05) is 30.3 Å². The van der Waals surface area contributed by atoms with Crippen LogP contribution in [-0.4, -0.2) is 50.0 Å². The Kier molecular flexibility index (Phi) is 3.46. The van der Waals surface area contributed by atoms with Gasteiger partial charge >= 0.3 is 0 Å². The summed E-state index contributed by atoms with van der Waals surface area (Å²) in [6.07, 6.45) is -0.262. The predicted octanol–water partition coefficient (Wildman–Crippen LogP) is 0.932. The van der Waals surface area contributed by atoms with Crippen molar-refractivity contribution >= 4 is 5.95 Å². The molecule has 9 nitrogen and oxygen atoms in total. The number of rotatable bonds is 3. The van der Waals surface area contributed by atoms with Crippen LogP contribution < -0.4 is 4.90 Å². The van der Waals surface area contributed by atoms with E-state index in [-0.39, 0.29) is 6.10 Å². The van der Waals surface area contributed by atoms with Crippen molar-refractivity contribution in [3.8, 4) is 5.69 Å². The molecule has 1 aliphatic heterocycles. The number of aryl methyl sites for hydroxylation is 1. The van der Waals surface area contributed by atoms with Crippen LogP contribution in [0.5, 0.6) is 0 Å². The average molecular weight is 313 g/mol. The third kappa shape index (κ3) is 2.66. The van der Waals surface area contributed by atoms with Gasteiger partial charge in [0, 0.05) is 13.5 Å². The lowest BCUT2D eigenvalue weighted by atomic mass is 10.2. The number of para-hydroxylation sites is 1. The summed E-state index contributed by atoms with van der Waals surface area (Å²) in [5.74, 6) is 1.74. The van der Waals surface area contributed by atoms with Gasteiger partial charge in [0.15, 0.2) is 0 Å². The first-order chi connectivity index (χ1) is 11.3. The molecule has 0 N–H and O–H groups in total. The van der Waals surface area contributed by atoms with Gasteiger partial charge in [0.2, 0.25) is 11.7 Å². The standard InChI is InChI=1S/C14H15N7O2/c1-10-15-13(17-23-10)12-9-20(7-8-22-12)14-16-18-19-21(14)11-5-3-2-4-6-11/h2-6,12H,7-9H2,1H3. The largest absolute Gasteiger partial charge is 0.366 e. The SMILES string of the molecule is Cc1nc(C2CN(c3nnnn3-c3ccccc3)CCO2)no1. The van der Waals surface area contributed by atoms with Crippen LogP contribution in [0, 0.1) is 6.92 Å². The Balaban J connectivity index is 1.60. The first-order valence-electron chi connectivity index (χ1n) is 7.32. The number of morpholine rings is 1. The monoisotopic (exact) mass is 313 g/mol. The van der Waals surface area contributed by atoms with Crippen molar-refractivity contribution in [2.45, 2.75) is 13.0 Å². The fourth-order valence-corrected chi connectivity index (χ4v) is 2.55. The zero-order valence-corrected chi connectivity index (χ0v) is 12.5. The van der Waals surface area contributed by atoms with Gasteiger partial charge in [0.05, 0.1) is 18.8 Å². The van der Waals surface area contributed by atoms with E-state index >= 15 is 0 Å². The lowest BCUT2D eigenvalue weighted by Crippen LogP contribution is -2.40. The number of aromatic nitrogens is 6. The number of tetrazole rings is 1. The fraction of sp³-hybridized carbons (Fsp3) is 0.357. The maximum absolute atomic E-state index is 5.75. The van der Waals surface area contributed by atoms with Gasteiger partial charge in [-0.05, 0) is 22.6 Å². The molecule has 0 radical (unpaired) electrons. The van der Waals surface area contributed by atoms with Crippen LogP contribution in [0.3, 0.4) is 0 Å². The maximum atomic E-state index is 5.75. The van der Waals surface area contributed by atoms with Gasteiger partial charge in [0.1, 0.15) is 6.10 Å². The van der Waals surface area contributed by atoms with Crippen LogP contribution in [0.15, 0.2) is 34.9 Å². The summed E-state index contributed by atoms with van der Waals surface area (Å²) in [7, 11) is 0. The summed E-state index contributed by atoms with van der Waals surface area (Å²) < 4.78 is 12.5. The highest BCUT2D eigenvalue weighted by atomic mass is 16.5. The minimum atomic E-state index is -0.262. The molecule has 1 fully saturated rings. The van der Waals surface area contributed by atoms with Crippen molar-refractivity contribution < 1.29 is 9.26 Å². The van der Waals surface area contributed by atoms with Gasteiger partial charge in [0.25, 0.3) is 5.95 Å². The number of anilines is 1. The first kappa shape index (κ1) is 13.8. The summed E-state index contributed by atoms with van der Waals surface area (Å²) in [5, 5.41) is 16.0. The number of ether oxygens (including phenoxy) is 1. The Bertz CT molecular complexity index is 785. The molecule has 1 saturated heterocycles. The van der Waals surface area contributed by atoms with Crippen LogP contribution in [0.4, 0.5) is 5.95 Å². The quantitative estimate of drug-likeness (QED) is 0.705. The second-order valence-corrected chi connectivity index (χ2v) is 5.20. The summed E-state index contributed by atoms with van der Waals surface area (Å²) in [6.45, 7) is 3.56. The molecule has 3 aromatic rings. The Morgan fingerprint density at radius 3 is 2.87 bits per heavy atom. The van der Waals surface area contributed by atoms with E-state index in [4.69, 9.17) is 9.26 Å². The van der Waals surface area contributed by atoms with Crippen molar-refractivity contribution in [3.05, 3.63) is 42.0 Å². The normalized spacial score (nSPS) is 18.3. The predicted molar refractivity (Wildman–Crippen MR) is 79.1 cm³/mol. The fourth-order valence-electron chi connectivity index (χ4n) is 2.55. The molecule has 1 atom stereocenters. The third-order valence-corrected chi connectivity index (χ3v) is 3.63. The van der Waals surface area contributed by atoms with E-state index in [2.05, 4.69) is 30.6 Å². The summed E-state index contributed by atoms with van der Waals surface area (Å²) in [6, 6.07) is 9.77. The molecule has 4 rings (SSSR count). The van der Waals surface area contributed by atoms with E-state index in [0.717, 1.165) is 5.69 Å². The van der Waals surface area contributed by atoms with E-state index < -0.39 is 0 Å². The van der Waals surface area contributed by atoms with Crippen molar-refractivity contribution in [3.63, 3.8) is 0 Å². The highest BCUT2D eigenvalue weighted by Gasteiger charge is 2.28. The molecule has 0 aliphatic carbocycles. The zero-order valence-electron chi connectivity index (χ0n) is 12.5. The van der Waals surface area contributed by atoms with Gasteiger partial charge in [-0.3, -0.25) is 0 Å². The van der Waals surface area contributed by atoms with E-state index in [1.165, 1.54) is 0 Å².